The maximum atomic E-state index is 5.52. The third-order valence-electron chi connectivity index (χ3n) is 2.32. The number of nitrogens with two attached hydrogens (primary N) is 1. The van der Waals surface area contributed by atoms with E-state index in [1.807, 2.05) is 0 Å². The second kappa shape index (κ2) is 5.19. The summed E-state index contributed by atoms with van der Waals surface area (Å²) in [6.07, 6.45) is 7.18. The first kappa shape index (κ1) is 12.1. The number of hydrogen-bond acceptors (Lipinski definition) is 4. The van der Waals surface area contributed by atoms with Crippen LogP contribution in [0.2, 0.25) is 0 Å². The van der Waals surface area contributed by atoms with Crippen LogP contribution < -0.4 is 11.3 Å². The highest BCUT2D eigenvalue weighted by molar-refractivity contribution is 5.01. The summed E-state index contributed by atoms with van der Waals surface area (Å²) in [5.41, 5.74) is 4.01. The van der Waals surface area contributed by atoms with Gasteiger partial charge in [-0.2, -0.15) is 0 Å². The minimum Gasteiger partial charge on any atom is -0.271 e. The summed E-state index contributed by atoms with van der Waals surface area (Å²) < 4.78 is 0. The fraction of sp³-hybridized carbons (Fsp3) is 0.636. The number of nitrogens with one attached hydrogen (secondary N) is 1. The SMILES string of the molecule is CC(C)(C)CCC(NN)c1cnccn1. The molecule has 0 fully saturated rings. The van der Waals surface area contributed by atoms with Crippen molar-refractivity contribution in [2.45, 2.75) is 39.7 Å². The van der Waals surface area contributed by atoms with Crippen LogP contribution in [0.4, 0.5) is 0 Å². The molecule has 0 aliphatic heterocycles. The number of hydrazine groups is 1. The lowest BCUT2D eigenvalue weighted by molar-refractivity contribution is 0.331. The predicted octanol–water partition coefficient (Wildman–Crippen LogP) is 1.81. The van der Waals surface area contributed by atoms with Gasteiger partial charge in [0.1, 0.15) is 0 Å². The third-order valence-corrected chi connectivity index (χ3v) is 2.32. The summed E-state index contributed by atoms with van der Waals surface area (Å²) in [5, 5.41) is 0. The molecule has 1 unspecified atom stereocenters. The maximum absolute atomic E-state index is 5.52. The van der Waals surface area contributed by atoms with Gasteiger partial charge in [-0.1, -0.05) is 20.8 Å². The van der Waals surface area contributed by atoms with Crippen molar-refractivity contribution in [3.63, 3.8) is 0 Å². The van der Waals surface area contributed by atoms with Crippen LogP contribution in [0.1, 0.15) is 45.3 Å². The minimum absolute atomic E-state index is 0.0953. The Morgan fingerprint density at radius 3 is 2.60 bits per heavy atom. The van der Waals surface area contributed by atoms with Crippen molar-refractivity contribution in [1.29, 1.82) is 0 Å². The zero-order valence-corrected chi connectivity index (χ0v) is 9.70. The standard InChI is InChI=1S/C11H20N4/c1-11(2,3)5-4-9(15-12)10-8-13-6-7-14-10/h6-9,15H,4-5,12H2,1-3H3. The van der Waals surface area contributed by atoms with E-state index in [1.54, 1.807) is 18.6 Å². The summed E-state index contributed by atoms with van der Waals surface area (Å²) in [5.74, 6) is 5.52. The van der Waals surface area contributed by atoms with Crippen LogP contribution in [-0.4, -0.2) is 9.97 Å². The molecular weight excluding hydrogens is 188 g/mol. The number of aromatic nitrogens is 2. The van der Waals surface area contributed by atoms with Crippen molar-refractivity contribution >= 4 is 0 Å². The first-order chi connectivity index (χ1) is 7.03. The highest BCUT2D eigenvalue weighted by Gasteiger charge is 2.16. The molecule has 84 valence electrons. The molecule has 3 N–H and O–H groups in total. The Morgan fingerprint density at radius 2 is 2.13 bits per heavy atom. The van der Waals surface area contributed by atoms with E-state index in [0.29, 0.717) is 5.41 Å². The van der Waals surface area contributed by atoms with E-state index in [2.05, 4.69) is 36.2 Å². The lowest BCUT2D eigenvalue weighted by Crippen LogP contribution is -2.29. The molecule has 0 spiro atoms. The summed E-state index contributed by atoms with van der Waals surface area (Å²) in [4.78, 5) is 8.29. The van der Waals surface area contributed by atoms with Gasteiger partial charge in [0.05, 0.1) is 17.9 Å². The van der Waals surface area contributed by atoms with E-state index in [-0.39, 0.29) is 6.04 Å². The van der Waals surface area contributed by atoms with E-state index in [9.17, 15) is 0 Å². The van der Waals surface area contributed by atoms with E-state index in [1.165, 1.54) is 0 Å². The molecule has 0 aliphatic rings. The zero-order valence-electron chi connectivity index (χ0n) is 9.70. The summed E-state index contributed by atoms with van der Waals surface area (Å²) >= 11 is 0. The molecule has 0 radical (unpaired) electrons. The molecule has 1 heterocycles. The molecule has 0 bridgehead atoms. The van der Waals surface area contributed by atoms with Gasteiger partial charge in [-0.15, -0.1) is 0 Å². The predicted molar refractivity (Wildman–Crippen MR) is 60.8 cm³/mol. The van der Waals surface area contributed by atoms with Gasteiger partial charge in [-0.25, -0.2) is 0 Å². The van der Waals surface area contributed by atoms with Crippen LogP contribution in [0, 0.1) is 5.41 Å². The number of hydrogen-bond donors (Lipinski definition) is 2. The fourth-order valence-electron chi connectivity index (χ4n) is 1.38. The van der Waals surface area contributed by atoms with Crippen LogP contribution in [0.25, 0.3) is 0 Å². The smallest absolute Gasteiger partial charge is 0.0769 e. The quantitative estimate of drug-likeness (QED) is 0.585. The molecule has 4 heteroatoms. The molecule has 0 amide bonds. The van der Waals surface area contributed by atoms with Crippen molar-refractivity contribution in [2.24, 2.45) is 11.3 Å². The Labute approximate surface area is 91.3 Å². The average molecular weight is 208 g/mol. The fourth-order valence-corrected chi connectivity index (χ4v) is 1.38. The van der Waals surface area contributed by atoms with Gasteiger partial charge in [0, 0.05) is 12.4 Å². The first-order valence-corrected chi connectivity index (χ1v) is 5.25. The highest BCUT2D eigenvalue weighted by atomic mass is 15.2. The van der Waals surface area contributed by atoms with Crippen molar-refractivity contribution in [1.82, 2.24) is 15.4 Å². The average Bonchev–Trinajstić information content (AvgIpc) is 2.19. The second-order valence-electron chi connectivity index (χ2n) is 4.95. The van der Waals surface area contributed by atoms with Crippen molar-refractivity contribution in [3.05, 3.63) is 24.3 Å². The van der Waals surface area contributed by atoms with Gasteiger partial charge < -0.3 is 0 Å². The molecule has 0 saturated heterocycles. The minimum atomic E-state index is 0.0953. The van der Waals surface area contributed by atoms with Crippen LogP contribution in [0.5, 0.6) is 0 Å². The largest absolute Gasteiger partial charge is 0.271 e. The Bertz CT molecular complexity index is 278. The van der Waals surface area contributed by atoms with E-state index in [0.717, 1.165) is 18.5 Å². The van der Waals surface area contributed by atoms with Crippen LogP contribution in [0.15, 0.2) is 18.6 Å². The van der Waals surface area contributed by atoms with Crippen molar-refractivity contribution in [3.8, 4) is 0 Å². The first-order valence-electron chi connectivity index (χ1n) is 5.25. The van der Waals surface area contributed by atoms with Crippen LogP contribution in [0.3, 0.4) is 0 Å². The van der Waals surface area contributed by atoms with Gasteiger partial charge in [0.25, 0.3) is 0 Å². The van der Waals surface area contributed by atoms with E-state index < -0.39 is 0 Å². The van der Waals surface area contributed by atoms with Gasteiger partial charge in [-0.05, 0) is 18.3 Å². The van der Waals surface area contributed by atoms with Gasteiger partial charge in [0.2, 0.25) is 0 Å². The molecule has 1 rings (SSSR count). The summed E-state index contributed by atoms with van der Waals surface area (Å²) in [7, 11) is 0. The van der Waals surface area contributed by atoms with Crippen molar-refractivity contribution < 1.29 is 0 Å². The van der Waals surface area contributed by atoms with Crippen molar-refractivity contribution in [2.75, 3.05) is 0 Å². The third kappa shape index (κ3) is 4.36. The highest BCUT2D eigenvalue weighted by Crippen LogP contribution is 2.25. The molecule has 1 aromatic rings. The normalized spacial score (nSPS) is 13.9. The molecule has 1 atom stereocenters. The Balaban J connectivity index is 2.58. The lowest BCUT2D eigenvalue weighted by atomic mass is 9.88. The topological polar surface area (TPSA) is 63.8 Å². The number of nitrogens with zero attached hydrogens (tertiary/aromatic N) is 2. The van der Waals surface area contributed by atoms with E-state index in [4.69, 9.17) is 5.84 Å². The summed E-state index contributed by atoms with van der Waals surface area (Å²) in [6, 6.07) is 0.0953. The molecule has 15 heavy (non-hydrogen) atoms. The monoisotopic (exact) mass is 208 g/mol. The lowest BCUT2D eigenvalue weighted by Gasteiger charge is -2.22. The molecule has 0 aliphatic carbocycles. The maximum Gasteiger partial charge on any atom is 0.0769 e. The Hall–Kier alpha value is -1.00. The zero-order chi connectivity index (χ0) is 11.3. The second-order valence-corrected chi connectivity index (χ2v) is 4.95. The van der Waals surface area contributed by atoms with Gasteiger partial charge in [-0.3, -0.25) is 21.2 Å². The number of rotatable bonds is 4. The molecule has 4 nitrogen and oxygen atoms in total. The van der Waals surface area contributed by atoms with Crippen LogP contribution in [-0.2, 0) is 0 Å². The van der Waals surface area contributed by atoms with E-state index >= 15 is 0 Å². The van der Waals surface area contributed by atoms with Gasteiger partial charge >= 0.3 is 0 Å². The molecule has 0 aromatic carbocycles. The van der Waals surface area contributed by atoms with Crippen LogP contribution >= 0.6 is 0 Å². The van der Waals surface area contributed by atoms with Gasteiger partial charge in [0.15, 0.2) is 0 Å². The molecular formula is C11H20N4. The molecule has 1 aromatic heterocycles. The molecule has 0 saturated carbocycles. The Kier molecular flexibility index (Phi) is 4.17. The summed E-state index contributed by atoms with van der Waals surface area (Å²) in [6.45, 7) is 6.66. The Morgan fingerprint density at radius 1 is 1.40 bits per heavy atom.